The first-order valence-corrected chi connectivity index (χ1v) is 5.91. The average Bonchev–Trinajstić information content (AvgIpc) is 2.76. The minimum absolute atomic E-state index is 0.668. The lowest BCUT2D eigenvalue weighted by atomic mass is 10.1. The Hall–Kier alpha value is -2.56. The van der Waals surface area contributed by atoms with Crippen molar-refractivity contribution in [3.63, 3.8) is 0 Å². The van der Waals surface area contributed by atoms with Crippen molar-refractivity contribution in [3.8, 4) is 17.1 Å². The number of pyridine rings is 1. The number of benzene rings is 1. The van der Waals surface area contributed by atoms with E-state index in [1.165, 1.54) is 0 Å². The van der Waals surface area contributed by atoms with Crippen LogP contribution in [0, 0.1) is 0 Å². The van der Waals surface area contributed by atoms with Crippen LogP contribution in [0.3, 0.4) is 0 Å². The summed E-state index contributed by atoms with van der Waals surface area (Å²) < 4.78 is 7.40. The first-order chi connectivity index (χ1) is 9.20. The highest BCUT2D eigenvalue weighted by Crippen LogP contribution is 2.32. The van der Waals surface area contributed by atoms with Crippen molar-refractivity contribution in [3.05, 3.63) is 36.7 Å². The molecular formula is C14H14N4O. The number of nitrogen functional groups attached to an aromatic ring is 1. The molecule has 0 atom stereocenters. The number of rotatable bonds is 2. The number of nitrogens with two attached hydrogens (primary N) is 1. The highest BCUT2D eigenvalue weighted by Gasteiger charge is 2.14. The van der Waals surface area contributed by atoms with Gasteiger partial charge in [0, 0.05) is 25.0 Å². The summed E-state index contributed by atoms with van der Waals surface area (Å²) in [5, 5.41) is 0. The van der Waals surface area contributed by atoms with Gasteiger partial charge in [0.25, 0.3) is 0 Å². The highest BCUT2D eigenvalue weighted by molar-refractivity contribution is 5.81. The van der Waals surface area contributed by atoms with Crippen LogP contribution in [0.15, 0.2) is 36.7 Å². The molecule has 0 aliphatic carbocycles. The van der Waals surface area contributed by atoms with Crippen LogP contribution in [0.2, 0.25) is 0 Å². The van der Waals surface area contributed by atoms with E-state index < -0.39 is 0 Å². The van der Waals surface area contributed by atoms with Gasteiger partial charge < -0.3 is 15.0 Å². The summed E-state index contributed by atoms with van der Waals surface area (Å²) in [6, 6.07) is 7.50. The van der Waals surface area contributed by atoms with E-state index in [-0.39, 0.29) is 0 Å². The van der Waals surface area contributed by atoms with Crippen molar-refractivity contribution in [2.45, 2.75) is 0 Å². The molecule has 0 spiro atoms. The van der Waals surface area contributed by atoms with Gasteiger partial charge in [-0.15, -0.1) is 0 Å². The first-order valence-electron chi connectivity index (χ1n) is 5.91. The summed E-state index contributed by atoms with van der Waals surface area (Å²) in [6.07, 6.45) is 3.51. The Morgan fingerprint density at radius 2 is 2.11 bits per heavy atom. The van der Waals surface area contributed by atoms with E-state index in [2.05, 4.69) is 9.97 Å². The highest BCUT2D eigenvalue weighted by atomic mass is 16.5. The number of imidazole rings is 1. The zero-order valence-corrected chi connectivity index (χ0v) is 10.8. The lowest BCUT2D eigenvalue weighted by Crippen LogP contribution is -1.96. The fourth-order valence-corrected chi connectivity index (χ4v) is 2.19. The van der Waals surface area contributed by atoms with Crippen LogP contribution < -0.4 is 10.5 Å². The molecule has 0 bridgehead atoms. The maximum Gasteiger partial charge on any atom is 0.144 e. The summed E-state index contributed by atoms with van der Waals surface area (Å²) in [6.45, 7) is 0. The first kappa shape index (κ1) is 11.5. The van der Waals surface area contributed by atoms with Gasteiger partial charge in [-0.1, -0.05) is 0 Å². The number of nitrogens with zero attached hydrogens (tertiary/aromatic N) is 3. The smallest absolute Gasteiger partial charge is 0.144 e. The van der Waals surface area contributed by atoms with E-state index in [0.29, 0.717) is 11.4 Å². The Labute approximate surface area is 110 Å². The number of hydrogen-bond donors (Lipinski definition) is 1. The van der Waals surface area contributed by atoms with E-state index in [0.717, 1.165) is 22.4 Å². The van der Waals surface area contributed by atoms with Gasteiger partial charge in [0.1, 0.15) is 17.1 Å². The number of ether oxygens (including phenoxy) is 1. The lowest BCUT2D eigenvalue weighted by Gasteiger charge is -2.09. The van der Waals surface area contributed by atoms with Gasteiger partial charge in [-0.2, -0.15) is 0 Å². The molecule has 0 radical (unpaired) electrons. The van der Waals surface area contributed by atoms with Crippen molar-refractivity contribution >= 4 is 16.7 Å². The largest absolute Gasteiger partial charge is 0.496 e. The Morgan fingerprint density at radius 3 is 2.84 bits per heavy atom. The minimum Gasteiger partial charge on any atom is -0.496 e. The zero-order valence-electron chi connectivity index (χ0n) is 10.8. The third kappa shape index (κ3) is 1.79. The molecule has 0 saturated carbocycles. The Balaban J connectivity index is 2.27. The predicted octanol–water partition coefficient (Wildman–Crippen LogP) is 2.23. The number of anilines is 1. The van der Waals surface area contributed by atoms with Crippen LogP contribution in [0.4, 0.5) is 5.69 Å². The Bertz CT molecular complexity index is 748. The molecule has 0 saturated heterocycles. The maximum absolute atomic E-state index is 5.78. The van der Waals surface area contributed by atoms with Crippen molar-refractivity contribution in [1.29, 1.82) is 0 Å². The fourth-order valence-electron chi connectivity index (χ4n) is 2.19. The summed E-state index contributed by atoms with van der Waals surface area (Å²) in [7, 11) is 3.60. The van der Waals surface area contributed by atoms with E-state index in [9.17, 15) is 0 Å². The number of methoxy groups -OCH3 is 1. The molecule has 0 aliphatic rings. The second kappa shape index (κ2) is 4.28. The van der Waals surface area contributed by atoms with Gasteiger partial charge in [-0.05, 0) is 18.2 Å². The van der Waals surface area contributed by atoms with Gasteiger partial charge in [0.05, 0.1) is 24.4 Å². The standard InChI is InChI=1S/C14H14N4O/c1-18-12-5-6-16-8-11(12)17-14(18)10-4-3-9(15)7-13(10)19-2/h3-8H,15H2,1-2H3. The monoisotopic (exact) mass is 254 g/mol. The molecule has 0 fully saturated rings. The molecule has 2 heterocycles. The van der Waals surface area contributed by atoms with Crippen molar-refractivity contribution in [2.24, 2.45) is 7.05 Å². The summed E-state index contributed by atoms with van der Waals surface area (Å²) >= 11 is 0. The van der Waals surface area contributed by atoms with Gasteiger partial charge >= 0.3 is 0 Å². The number of aryl methyl sites for hydroxylation is 1. The molecule has 5 heteroatoms. The van der Waals surface area contributed by atoms with Gasteiger partial charge in [-0.3, -0.25) is 4.98 Å². The Morgan fingerprint density at radius 1 is 1.26 bits per heavy atom. The minimum atomic E-state index is 0.668. The molecule has 96 valence electrons. The molecule has 0 aliphatic heterocycles. The molecule has 2 aromatic heterocycles. The van der Waals surface area contributed by atoms with Crippen LogP contribution in [0.1, 0.15) is 0 Å². The van der Waals surface area contributed by atoms with Crippen LogP contribution in [-0.2, 0) is 7.05 Å². The molecule has 19 heavy (non-hydrogen) atoms. The van der Waals surface area contributed by atoms with Crippen molar-refractivity contribution in [2.75, 3.05) is 12.8 Å². The van der Waals surface area contributed by atoms with E-state index in [1.54, 1.807) is 25.6 Å². The Kier molecular flexibility index (Phi) is 2.59. The summed E-state index contributed by atoms with van der Waals surface area (Å²) in [4.78, 5) is 8.69. The van der Waals surface area contributed by atoms with E-state index >= 15 is 0 Å². The molecule has 2 N–H and O–H groups in total. The third-order valence-corrected chi connectivity index (χ3v) is 3.15. The second-order valence-corrected chi connectivity index (χ2v) is 4.32. The molecule has 1 aromatic carbocycles. The molecule has 3 rings (SSSR count). The number of fused-ring (bicyclic) bond motifs is 1. The zero-order chi connectivity index (χ0) is 13.4. The van der Waals surface area contributed by atoms with Crippen molar-refractivity contribution < 1.29 is 4.74 Å². The average molecular weight is 254 g/mol. The van der Waals surface area contributed by atoms with Crippen LogP contribution in [-0.4, -0.2) is 21.6 Å². The van der Waals surface area contributed by atoms with Gasteiger partial charge in [-0.25, -0.2) is 4.98 Å². The molecular weight excluding hydrogens is 240 g/mol. The molecule has 0 amide bonds. The third-order valence-electron chi connectivity index (χ3n) is 3.15. The molecule has 3 aromatic rings. The topological polar surface area (TPSA) is 66.0 Å². The maximum atomic E-state index is 5.78. The number of aromatic nitrogens is 3. The molecule has 5 nitrogen and oxygen atoms in total. The normalized spacial score (nSPS) is 10.8. The van der Waals surface area contributed by atoms with E-state index in [1.807, 2.05) is 29.8 Å². The number of hydrogen-bond acceptors (Lipinski definition) is 4. The summed E-state index contributed by atoms with van der Waals surface area (Å²) in [5.41, 5.74) is 9.25. The van der Waals surface area contributed by atoms with Crippen LogP contribution in [0.5, 0.6) is 5.75 Å². The SMILES string of the molecule is COc1cc(N)ccc1-c1nc2cnccc2n1C. The predicted molar refractivity (Wildman–Crippen MR) is 74.9 cm³/mol. The quantitative estimate of drug-likeness (QED) is 0.712. The van der Waals surface area contributed by atoms with Gasteiger partial charge in [0.15, 0.2) is 0 Å². The van der Waals surface area contributed by atoms with Crippen LogP contribution in [0.25, 0.3) is 22.4 Å². The fraction of sp³-hybridized carbons (Fsp3) is 0.143. The van der Waals surface area contributed by atoms with Gasteiger partial charge in [0.2, 0.25) is 0 Å². The lowest BCUT2D eigenvalue weighted by molar-refractivity contribution is 0.416. The van der Waals surface area contributed by atoms with E-state index in [4.69, 9.17) is 10.5 Å². The molecule has 0 unspecified atom stereocenters. The second-order valence-electron chi connectivity index (χ2n) is 4.32. The van der Waals surface area contributed by atoms with Crippen molar-refractivity contribution in [1.82, 2.24) is 14.5 Å². The summed E-state index contributed by atoms with van der Waals surface area (Å²) in [5.74, 6) is 1.55. The van der Waals surface area contributed by atoms with Crippen LogP contribution >= 0.6 is 0 Å².